The van der Waals surface area contributed by atoms with E-state index in [9.17, 15) is 8.42 Å². The third-order valence-corrected chi connectivity index (χ3v) is 4.11. The number of benzene rings is 2. The van der Waals surface area contributed by atoms with Gasteiger partial charge in [0.1, 0.15) is 5.76 Å². The Balaban J connectivity index is 0.000000168. The van der Waals surface area contributed by atoms with Crippen LogP contribution in [0.4, 0.5) is 0 Å². The maximum Gasteiger partial charge on any atom is 0.294 e. The fraction of sp³-hybridized carbons (Fsp3) is 0.176. The van der Waals surface area contributed by atoms with Gasteiger partial charge in [-0.1, -0.05) is 42.0 Å². The predicted molar refractivity (Wildman–Crippen MR) is 88.0 cm³/mol. The number of hydrogen-bond donors (Lipinski definition) is 2. The molecule has 6 heteroatoms. The van der Waals surface area contributed by atoms with E-state index in [0.29, 0.717) is 6.42 Å². The highest BCUT2D eigenvalue weighted by molar-refractivity contribution is 7.85. The summed E-state index contributed by atoms with van der Waals surface area (Å²) >= 11 is 0. The zero-order valence-corrected chi connectivity index (χ0v) is 13.5. The molecule has 2 aromatic carbocycles. The summed E-state index contributed by atoms with van der Waals surface area (Å²) in [7, 11) is -4.02. The summed E-state index contributed by atoms with van der Waals surface area (Å²) < 4.78 is 34.8. The van der Waals surface area contributed by atoms with E-state index in [2.05, 4.69) is 0 Å². The van der Waals surface area contributed by atoms with Crippen LogP contribution in [-0.2, 0) is 16.5 Å². The lowest BCUT2D eigenvalue weighted by Crippen LogP contribution is -1.96. The molecule has 3 rings (SSSR count). The highest BCUT2D eigenvalue weighted by Gasteiger charge is 2.06. The Hall–Kier alpha value is -2.15. The molecule has 5 nitrogen and oxygen atoms in total. The molecule has 0 atom stereocenters. The predicted octanol–water partition coefficient (Wildman–Crippen LogP) is 3.21. The summed E-state index contributed by atoms with van der Waals surface area (Å²) in [6, 6.07) is 13.9. The number of aliphatic hydroxyl groups is 1. The molecule has 1 aromatic heterocycles. The van der Waals surface area contributed by atoms with Crippen molar-refractivity contribution in [2.45, 2.75) is 18.2 Å². The minimum atomic E-state index is -4.02. The Morgan fingerprint density at radius 3 is 2.30 bits per heavy atom. The van der Waals surface area contributed by atoms with Crippen LogP contribution in [0.25, 0.3) is 10.8 Å². The fourth-order valence-electron chi connectivity index (χ4n) is 2.06. The van der Waals surface area contributed by atoms with E-state index >= 15 is 0 Å². The van der Waals surface area contributed by atoms with Gasteiger partial charge in [0.05, 0.1) is 17.8 Å². The highest BCUT2D eigenvalue weighted by Crippen LogP contribution is 2.20. The van der Waals surface area contributed by atoms with Gasteiger partial charge in [0.25, 0.3) is 10.1 Å². The third-order valence-electron chi connectivity index (χ3n) is 3.25. The van der Waals surface area contributed by atoms with Crippen molar-refractivity contribution in [2.75, 3.05) is 6.61 Å². The van der Waals surface area contributed by atoms with E-state index < -0.39 is 10.1 Å². The first kappa shape index (κ1) is 17.2. The summed E-state index contributed by atoms with van der Waals surface area (Å²) in [5.74, 6) is 0.869. The molecule has 23 heavy (non-hydrogen) atoms. The number of aryl methyl sites for hydroxylation is 1. The van der Waals surface area contributed by atoms with Crippen LogP contribution < -0.4 is 0 Å². The average Bonchev–Trinajstić information content (AvgIpc) is 2.91. The molecule has 0 saturated carbocycles. The molecule has 0 unspecified atom stereocenters. The van der Waals surface area contributed by atoms with Gasteiger partial charge < -0.3 is 9.52 Å². The Morgan fingerprint density at radius 2 is 1.70 bits per heavy atom. The Kier molecular flexibility index (Phi) is 5.54. The van der Waals surface area contributed by atoms with E-state index in [1.165, 1.54) is 12.1 Å². The number of aliphatic hydroxyl groups excluding tert-OH is 1. The zero-order valence-electron chi connectivity index (χ0n) is 12.6. The van der Waals surface area contributed by atoms with Crippen molar-refractivity contribution in [1.82, 2.24) is 0 Å². The van der Waals surface area contributed by atoms with E-state index in [1.807, 2.05) is 31.2 Å². The second-order valence-electron chi connectivity index (χ2n) is 5.01. The van der Waals surface area contributed by atoms with Crippen LogP contribution in [0.3, 0.4) is 0 Å². The first-order valence-electron chi connectivity index (χ1n) is 7.02. The van der Waals surface area contributed by atoms with E-state index in [0.717, 1.165) is 22.1 Å². The number of furan rings is 1. The van der Waals surface area contributed by atoms with Gasteiger partial charge in [0.15, 0.2) is 0 Å². The molecule has 0 radical (unpaired) electrons. The lowest BCUT2D eigenvalue weighted by molar-refractivity contribution is 0.288. The molecular formula is C17H18O5S. The molecule has 0 aliphatic heterocycles. The minimum Gasteiger partial charge on any atom is -0.468 e. The SMILES string of the molecule is Cc1ccc(S(=O)(=O)O)cc1.OCCc1occ2ccccc12. The molecular weight excluding hydrogens is 316 g/mol. The summed E-state index contributed by atoms with van der Waals surface area (Å²) in [5, 5.41) is 10.9. The van der Waals surface area contributed by atoms with Crippen molar-refractivity contribution in [3.8, 4) is 0 Å². The van der Waals surface area contributed by atoms with Gasteiger partial charge in [0, 0.05) is 17.2 Å². The van der Waals surface area contributed by atoms with E-state index in [1.54, 1.807) is 18.4 Å². The molecule has 0 bridgehead atoms. The van der Waals surface area contributed by atoms with Gasteiger partial charge in [-0.15, -0.1) is 0 Å². The summed E-state index contributed by atoms with van der Waals surface area (Å²) in [6.07, 6.45) is 2.31. The van der Waals surface area contributed by atoms with Crippen LogP contribution in [0.5, 0.6) is 0 Å². The average molecular weight is 334 g/mol. The molecule has 0 aliphatic carbocycles. The Labute approximate surface area is 134 Å². The Morgan fingerprint density at radius 1 is 1.04 bits per heavy atom. The molecule has 0 saturated heterocycles. The lowest BCUT2D eigenvalue weighted by atomic mass is 10.1. The van der Waals surface area contributed by atoms with Crippen LogP contribution in [0, 0.1) is 6.92 Å². The van der Waals surface area contributed by atoms with Crippen LogP contribution in [0.2, 0.25) is 0 Å². The van der Waals surface area contributed by atoms with E-state index in [-0.39, 0.29) is 11.5 Å². The van der Waals surface area contributed by atoms with Gasteiger partial charge in [-0.05, 0) is 19.1 Å². The van der Waals surface area contributed by atoms with Gasteiger partial charge in [0.2, 0.25) is 0 Å². The normalized spacial score (nSPS) is 11.1. The van der Waals surface area contributed by atoms with Crippen molar-refractivity contribution >= 4 is 20.9 Å². The number of fused-ring (bicyclic) bond motifs is 1. The molecule has 3 aromatic rings. The van der Waals surface area contributed by atoms with Crippen molar-refractivity contribution in [3.63, 3.8) is 0 Å². The third kappa shape index (κ3) is 4.66. The first-order valence-corrected chi connectivity index (χ1v) is 8.46. The molecule has 0 amide bonds. The van der Waals surface area contributed by atoms with Gasteiger partial charge in [-0.25, -0.2) is 0 Å². The molecule has 122 valence electrons. The molecule has 0 aliphatic rings. The summed E-state index contributed by atoms with van der Waals surface area (Å²) in [6.45, 7) is 1.98. The van der Waals surface area contributed by atoms with Crippen LogP contribution in [0.15, 0.2) is 64.1 Å². The standard InChI is InChI=1S/C10H10O2.C7H8O3S/c11-6-5-10-9-4-2-1-3-8(9)7-12-10;1-6-2-4-7(5-3-6)11(8,9)10/h1-4,7,11H,5-6H2;2-5H,1H3,(H,8,9,10). The highest BCUT2D eigenvalue weighted by atomic mass is 32.2. The molecule has 0 spiro atoms. The van der Waals surface area contributed by atoms with Gasteiger partial charge >= 0.3 is 0 Å². The zero-order chi connectivity index (χ0) is 16.9. The van der Waals surface area contributed by atoms with Crippen molar-refractivity contribution < 1.29 is 22.5 Å². The number of hydrogen-bond acceptors (Lipinski definition) is 4. The quantitative estimate of drug-likeness (QED) is 0.718. The maximum absolute atomic E-state index is 10.5. The monoisotopic (exact) mass is 334 g/mol. The first-order chi connectivity index (χ1) is 10.9. The van der Waals surface area contributed by atoms with Crippen molar-refractivity contribution in [3.05, 3.63) is 66.1 Å². The second-order valence-corrected chi connectivity index (χ2v) is 6.43. The van der Waals surface area contributed by atoms with Crippen molar-refractivity contribution in [2.24, 2.45) is 0 Å². The summed E-state index contributed by atoms with van der Waals surface area (Å²) in [4.78, 5) is -0.0666. The van der Waals surface area contributed by atoms with Gasteiger partial charge in [-0.3, -0.25) is 4.55 Å². The van der Waals surface area contributed by atoms with Crippen LogP contribution in [0.1, 0.15) is 11.3 Å². The molecule has 0 fully saturated rings. The fourth-order valence-corrected chi connectivity index (χ4v) is 2.54. The smallest absolute Gasteiger partial charge is 0.294 e. The Bertz CT molecular complexity index is 863. The van der Waals surface area contributed by atoms with Crippen LogP contribution in [-0.4, -0.2) is 24.7 Å². The number of rotatable bonds is 3. The second kappa shape index (κ2) is 7.41. The lowest BCUT2D eigenvalue weighted by Gasteiger charge is -1.95. The van der Waals surface area contributed by atoms with E-state index in [4.69, 9.17) is 14.1 Å². The minimum absolute atomic E-state index is 0.0666. The van der Waals surface area contributed by atoms with Gasteiger partial charge in [-0.2, -0.15) is 8.42 Å². The van der Waals surface area contributed by atoms with Crippen molar-refractivity contribution in [1.29, 1.82) is 0 Å². The molecule has 1 heterocycles. The molecule has 2 N–H and O–H groups in total. The largest absolute Gasteiger partial charge is 0.468 e. The topological polar surface area (TPSA) is 87.7 Å². The van der Waals surface area contributed by atoms with Crippen LogP contribution >= 0.6 is 0 Å². The summed E-state index contributed by atoms with van der Waals surface area (Å²) in [5.41, 5.74) is 0.956. The maximum atomic E-state index is 10.5.